The second-order valence-electron chi connectivity index (χ2n) is 4.41. The number of hydrogen-bond acceptors (Lipinski definition) is 3. The molecular weight excluding hydrogens is 327 g/mol. The normalized spacial score (nSPS) is 12.0. The van der Waals surface area contributed by atoms with Gasteiger partial charge < -0.3 is 5.32 Å². The van der Waals surface area contributed by atoms with E-state index in [1.807, 2.05) is 37.3 Å². The third-order valence-electron chi connectivity index (χ3n) is 2.76. The van der Waals surface area contributed by atoms with Crippen molar-refractivity contribution in [3.05, 3.63) is 58.2 Å². The summed E-state index contributed by atoms with van der Waals surface area (Å²) in [4.78, 5) is 16.1. The molecule has 1 atom stereocenters. The first-order chi connectivity index (χ1) is 10.1. The molecular formula is C15H14Cl2N2OS. The van der Waals surface area contributed by atoms with Gasteiger partial charge in [-0.05, 0) is 18.6 Å². The first-order valence-electron chi connectivity index (χ1n) is 6.33. The summed E-state index contributed by atoms with van der Waals surface area (Å²) < 4.78 is 0. The predicted molar refractivity (Wildman–Crippen MR) is 90.1 cm³/mol. The molecule has 1 heterocycles. The highest BCUT2D eigenvalue weighted by Gasteiger charge is 2.15. The average Bonchev–Trinajstić information content (AvgIpc) is 2.48. The van der Waals surface area contributed by atoms with E-state index in [1.165, 1.54) is 11.8 Å². The minimum Gasteiger partial charge on any atom is -0.308 e. The molecule has 2 aromatic rings. The molecule has 0 fully saturated rings. The van der Waals surface area contributed by atoms with Crippen LogP contribution >= 0.6 is 35.0 Å². The first-order valence-corrected chi connectivity index (χ1v) is 8.14. The van der Waals surface area contributed by atoms with Crippen molar-refractivity contribution in [1.29, 1.82) is 0 Å². The molecule has 1 aromatic heterocycles. The van der Waals surface area contributed by atoms with Crippen LogP contribution in [0.5, 0.6) is 0 Å². The monoisotopic (exact) mass is 340 g/mol. The van der Waals surface area contributed by atoms with Gasteiger partial charge in [0.2, 0.25) is 5.91 Å². The van der Waals surface area contributed by atoms with Gasteiger partial charge in [-0.1, -0.05) is 53.5 Å². The lowest BCUT2D eigenvalue weighted by Gasteiger charge is -2.12. The zero-order chi connectivity index (χ0) is 15.2. The van der Waals surface area contributed by atoms with Crippen molar-refractivity contribution in [2.75, 3.05) is 5.32 Å². The summed E-state index contributed by atoms with van der Waals surface area (Å²) in [7, 11) is 0. The number of amides is 1. The zero-order valence-corrected chi connectivity index (χ0v) is 13.7. The van der Waals surface area contributed by atoms with Gasteiger partial charge in [0.1, 0.15) is 0 Å². The number of nitrogens with one attached hydrogen (secondary N) is 1. The zero-order valence-electron chi connectivity index (χ0n) is 11.3. The van der Waals surface area contributed by atoms with Crippen molar-refractivity contribution >= 4 is 46.7 Å². The van der Waals surface area contributed by atoms with Crippen LogP contribution in [-0.2, 0) is 10.5 Å². The molecule has 0 bridgehead atoms. The van der Waals surface area contributed by atoms with Crippen LogP contribution in [0.2, 0.25) is 10.0 Å². The standard InChI is InChI=1S/C15H14Cl2N2OS/c1-10(21-9-11-5-3-2-4-6-11)15(20)19-14-13(17)7-12(16)8-18-14/h2-8,10H,9H2,1H3,(H,18,19,20). The third-order valence-corrected chi connectivity index (χ3v) is 4.47. The number of rotatable bonds is 5. The van der Waals surface area contributed by atoms with Crippen molar-refractivity contribution in [2.24, 2.45) is 0 Å². The van der Waals surface area contributed by atoms with Crippen LogP contribution in [-0.4, -0.2) is 16.1 Å². The molecule has 1 amide bonds. The topological polar surface area (TPSA) is 42.0 Å². The van der Waals surface area contributed by atoms with E-state index in [9.17, 15) is 4.79 Å². The Morgan fingerprint density at radius 2 is 2.05 bits per heavy atom. The molecule has 0 aliphatic heterocycles. The fraction of sp³-hybridized carbons (Fsp3) is 0.200. The van der Waals surface area contributed by atoms with E-state index < -0.39 is 0 Å². The lowest BCUT2D eigenvalue weighted by molar-refractivity contribution is -0.115. The summed E-state index contributed by atoms with van der Waals surface area (Å²) in [6, 6.07) is 11.6. The van der Waals surface area contributed by atoms with Gasteiger partial charge in [0.05, 0.1) is 15.3 Å². The minimum atomic E-state index is -0.209. The lowest BCUT2D eigenvalue weighted by atomic mass is 10.2. The minimum absolute atomic E-state index is 0.132. The largest absolute Gasteiger partial charge is 0.308 e. The Balaban J connectivity index is 1.90. The summed E-state index contributed by atoms with van der Waals surface area (Å²) >= 11 is 13.3. The number of nitrogens with zero attached hydrogens (tertiary/aromatic N) is 1. The molecule has 0 spiro atoms. The number of thioether (sulfide) groups is 1. The number of anilines is 1. The number of hydrogen-bond donors (Lipinski definition) is 1. The smallest absolute Gasteiger partial charge is 0.238 e. The first kappa shape index (κ1) is 16.1. The average molecular weight is 341 g/mol. The fourth-order valence-corrected chi connectivity index (χ4v) is 2.87. The van der Waals surface area contributed by atoms with E-state index in [4.69, 9.17) is 23.2 Å². The van der Waals surface area contributed by atoms with Gasteiger partial charge in [-0.2, -0.15) is 0 Å². The summed E-state index contributed by atoms with van der Waals surface area (Å²) in [6.45, 7) is 1.85. The van der Waals surface area contributed by atoms with Gasteiger partial charge in [-0.3, -0.25) is 4.79 Å². The Hall–Kier alpha value is -1.23. The molecule has 0 saturated carbocycles. The van der Waals surface area contributed by atoms with Crippen LogP contribution < -0.4 is 5.32 Å². The van der Waals surface area contributed by atoms with Crippen LogP contribution in [0.15, 0.2) is 42.6 Å². The van der Waals surface area contributed by atoms with E-state index in [1.54, 1.807) is 17.8 Å². The van der Waals surface area contributed by atoms with Gasteiger partial charge in [0.15, 0.2) is 5.82 Å². The highest BCUT2D eigenvalue weighted by atomic mass is 35.5. The third kappa shape index (κ3) is 4.92. The van der Waals surface area contributed by atoms with Crippen molar-refractivity contribution in [3.8, 4) is 0 Å². The maximum Gasteiger partial charge on any atom is 0.238 e. The van der Waals surface area contributed by atoms with E-state index in [0.717, 1.165) is 5.75 Å². The van der Waals surface area contributed by atoms with Gasteiger partial charge in [0.25, 0.3) is 0 Å². The Labute approximate surface area is 138 Å². The summed E-state index contributed by atoms with van der Waals surface area (Å²) in [5.41, 5.74) is 1.19. The number of carbonyl (C=O) groups is 1. The summed E-state index contributed by atoms with van der Waals surface area (Å²) in [5.74, 6) is 0.975. The molecule has 1 N–H and O–H groups in total. The van der Waals surface area contributed by atoms with Crippen LogP contribution in [0.25, 0.3) is 0 Å². The predicted octanol–water partition coefficient (Wildman–Crippen LogP) is 4.65. The second kappa shape index (κ2) is 7.69. The second-order valence-corrected chi connectivity index (χ2v) is 6.58. The molecule has 1 aromatic carbocycles. The van der Waals surface area contributed by atoms with Crippen LogP contribution in [0.4, 0.5) is 5.82 Å². The molecule has 0 aliphatic carbocycles. The van der Waals surface area contributed by atoms with Gasteiger partial charge in [-0.25, -0.2) is 4.98 Å². The van der Waals surface area contributed by atoms with Crippen LogP contribution in [0.1, 0.15) is 12.5 Å². The van der Waals surface area contributed by atoms with Gasteiger partial charge >= 0.3 is 0 Å². The number of carbonyl (C=O) groups excluding carboxylic acids is 1. The maximum atomic E-state index is 12.1. The van der Waals surface area contributed by atoms with Crippen LogP contribution in [0, 0.1) is 0 Å². The summed E-state index contributed by atoms with van der Waals surface area (Å²) in [6.07, 6.45) is 1.45. The van der Waals surface area contributed by atoms with E-state index >= 15 is 0 Å². The lowest BCUT2D eigenvalue weighted by Crippen LogP contribution is -2.23. The van der Waals surface area contributed by atoms with E-state index in [-0.39, 0.29) is 11.2 Å². The Morgan fingerprint density at radius 1 is 1.33 bits per heavy atom. The molecule has 6 heteroatoms. The number of benzene rings is 1. The highest BCUT2D eigenvalue weighted by molar-refractivity contribution is 7.99. The Morgan fingerprint density at radius 3 is 2.71 bits per heavy atom. The molecule has 0 radical (unpaired) electrons. The highest BCUT2D eigenvalue weighted by Crippen LogP contribution is 2.24. The number of pyridine rings is 1. The number of halogens is 2. The molecule has 0 saturated heterocycles. The van der Waals surface area contributed by atoms with Gasteiger partial charge in [0, 0.05) is 11.9 Å². The van der Waals surface area contributed by atoms with Crippen molar-refractivity contribution in [1.82, 2.24) is 4.98 Å². The number of aromatic nitrogens is 1. The maximum absolute atomic E-state index is 12.1. The van der Waals surface area contributed by atoms with Crippen molar-refractivity contribution in [3.63, 3.8) is 0 Å². The quantitative estimate of drug-likeness (QED) is 0.861. The summed E-state index contributed by atoms with van der Waals surface area (Å²) in [5, 5.41) is 3.27. The SMILES string of the molecule is CC(SCc1ccccc1)C(=O)Nc1ncc(Cl)cc1Cl. The van der Waals surface area contributed by atoms with Crippen LogP contribution in [0.3, 0.4) is 0 Å². The van der Waals surface area contributed by atoms with E-state index in [0.29, 0.717) is 15.9 Å². The molecule has 2 rings (SSSR count). The fourth-order valence-electron chi connectivity index (χ4n) is 1.60. The Kier molecular flexibility index (Phi) is 5.91. The molecule has 1 unspecified atom stereocenters. The molecule has 21 heavy (non-hydrogen) atoms. The molecule has 110 valence electrons. The molecule has 3 nitrogen and oxygen atoms in total. The Bertz CT molecular complexity index is 622. The van der Waals surface area contributed by atoms with E-state index in [2.05, 4.69) is 10.3 Å². The van der Waals surface area contributed by atoms with Gasteiger partial charge in [-0.15, -0.1) is 11.8 Å². The van der Waals surface area contributed by atoms with Crippen molar-refractivity contribution < 1.29 is 4.79 Å². The van der Waals surface area contributed by atoms with Crippen molar-refractivity contribution in [2.45, 2.75) is 17.9 Å². The molecule has 0 aliphatic rings.